The largest absolute Gasteiger partial charge is 0.288 e. The zero-order valence-corrected chi connectivity index (χ0v) is 15.3. The molecule has 0 amide bonds. The van der Waals surface area contributed by atoms with Gasteiger partial charge in [0.05, 0.1) is 11.8 Å². The number of halogens is 4. The van der Waals surface area contributed by atoms with Crippen molar-refractivity contribution in [2.24, 2.45) is 0 Å². The van der Waals surface area contributed by atoms with Gasteiger partial charge in [-0.3, -0.25) is 9.59 Å². The molecule has 30 heavy (non-hydrogen) atoms. The summed E-state index contributed by atoms with van der Waals surface area (Å²) in [5.41, 5.74) is -5.92. The highest BCUT2D eigenvalue weighted by atomic mass is 19.2. The number of fused-ring (bicyclic) bond motifs is 1. The van der Waals surface area contributed by atoms with Gasteiger partial charge in [0.25, 0.3) is 0 Å². The Labute approximate surface area is 167 Å². The number of carbonyl (C=O) groups is 2. The quantitative estimate of drug-likeness (QED) is 0.482. The van der Waals surface area contributed by atoms with Crippen LogP contribution >= 0.6 is 0 Å². The molecule has 0 saturated heterocycles. The van der Waals surface area contributed by atoms with Crippen LogP contribution in [0.25, 0.3) is 10.8 Å². The summed E-state index contributed by atoms with van der Waals surface area (Å²) >= 11 is 0. The molecule has 4 atom stereocenters. The standard InChI is InChI=1S/C24H12F4O2/c25-19-20(26)22(30)24(28)18-14-8-4-3-7-13(14)17(23(24,27)21(19)29)15-9-11-5-1-2-6-12(11)10-16(15)18/h1-10,17-18H. The topological polar surface area (TPSA) is 34.1 Å². The zero-order chi connectivity index (χ0) is 21.0. The zero-order valence-electron chi connectivity index (χ0n) is 15.3. The Bertz CT molecular complexity index is 1260. The van der Waals surface area contributed by atoms with E-state index in [1.54, 1.807) is 48.5 Å². The van der Waals surface area contributed by atoms with Crippen LogP contribution in [0.3, 0.4) is 0 Å². The molecule has 0 fully saturated rings. The van der Waals surface area contributed by atoms with Gasteiger partial charge in [0.2, 0.25) is 34.6 Å². The number of hydrogen-bond acceptors (Lipinski definition) is 2. The van der Waals surface area contributed by atoms with Crippen LogP contribution in [-0.2, 0) is 9.59 Å². The highest BCUT2D eigenvalue weighted by Crippen LogP contribution is 2.67. The molecule has 148 valence electrons. The molecule has 0 aliphatic heterocycles. The summed E-state index contributed by atoms with van der Waals surface area (Å²) in [6.07, 6.45) is 0. The summed E-state index contributed by atoms with van der Waals surface area (Å²) < 4.78 is 61.6. The van der Waals surface area contributed by atoms with Crippen LogP contribution in [0.1, 0.15) is 34.1 Å². The van der Waals surface area contributed by atoms with Crippen molar-refractivity contribution in [3.8, 4) is 0 Å². The van der Waals surface area contributed by atoms with E-state index in [0.29, 0.717) is 22.3 Å². The number of benzene rings is 3. The highest BCUT2D eigenvalue weighted by molar-refractivity contribution is 6.20. The Hall–Kier alpha value is -3.28. The van der Waals surface area contributed by atoms with Crippen molar-refractivity contribution < 1.29 is 27.2 Å². The van der Waals surface area contributed by atoms with Gasteiger partial charge in [-0.2, -0.15) is 8.78 Å². The molecular formula is C24H12F4O2. The van der Waals surface area contributed by atoms with Crippen molar-refractivity contribution in [1.29, 1.82) is 0 Å². The van der Waals surface area contributed by atoms with Crippen LogP contribution in [0.15, 0.2) is 72.3 Å². The van der Waals surface area contributed by atoms with E-state index in [4.69, 9.17) is 0 Å². The third kappa shape index (κ3) is 1.65. The first-order valence-corrected chi connectivity index (χ1v) is 9.46. The van der Waals surface area contributed by atoms with Crippen LogP contribution in [0.4, 0.5) is 17.6 Å². The number of Topliss-reactive ketones (excluding diaryl/α,β-unsaturated/α-hetero) is 2. The average Bonchev–Trinajstić information content (AvgIpc) is 2.76. The molecule has 0 radical (unpaired) electrons. The lowest BCUT2D eigenvalue weighted by Crippen LogP contribution is -2.71. The number of rotatable bonds is 0. The van der Waals surface area contributed by atoms with Gasteiger partial charge < -0.3 is 0 Å². The minimum Gasteiger partial charge on any atom is -0.288 e. The second kappa shape index (κ2) is 5.25. The summed E-state index contributed by atoms with van der Waals surface area (Å²) in [6.45, 7) is 0. The molecular weight excluding hydrogens is 396 g/mol. The smallest absolute Gasteiger partial charge is 0.236 e. The lowest BCUT2D eigenvalue weighted by molar-refractivity contribution is -0.163. The molecule has 6 heteroatoms. The van der Waals surface area contributed by atoms with Gasteiger partial charge in [0, 0.05) is 0 Å². The molecule has 4 aliphatic rings. The normalized spacial score (nSPS) is 31.6. The Kier molecular flexibility index (Phi) is 3.07. The lowest BCUT2D eigenvalue weighted by atomic mass is 9.48. The first kappa shape index (κ1) is 17.6. The minimum absolute atomic E-state index is 0.303. The van der Waals surface area contributed by atoms with Gasteiger partial charge in [-0.25, -0.2) is 8.78 Å². The maximum absolute atomic E-state index is 16.5. The molecule has 2 nitrogen and oxygen atoms in total. The number of allylic oxidation sites excluding steroid dienone is 2. The van der Waals surface area contributed by atoms with Crippen molar-refractivity contribution in [2.75, 3.05) is 0 Å². The molecule has 0 aromatic heterocycles. The maximum Gasteiger partial charge on any atom is 0.236 e. The SMILES string of the molecule is O=C1C(F)=C(F)C(=O)C2(F)C3c4ccccc4C(c4cc5ccccc5cc43)C12F. The predicted octanol–water partition coefficient (Wildman–Crippen LogP) is 5.15. The molecule has 0 saturated carbocycles. The van der Waals surface area contributed by atoms with Crippen molar-refractivity contribution in [3.05, 3.63) is 94.6 Å². The fourth-order valence-electron chi connectivity index (χ4n) is 5.54. The number of alkyl halides is 2. The van der Waals surface area contributed by atoms with E-state index in [-0.39, 0.29) is 0 Å². The van der Waals surface area contributed by atoms with Crippen LogP contribution in [0.5, 0.6) is 0 Å². The number of carbonyl (C=O) groups excluding carboxylic acids is 2. The molecule has 7 rings (SSSR count). The molecule has 2 bridgehead atoms. The van der Waals surface area contributed by atoms with E-state index in [1.165, 1.54) is 12.1 Å². The van der Waals surface area contributed by atoms with Crippen LogP contribution in [0, 0.1) is 0 Å². The molecule has 0 heterocycles. The Morgan fingerprint density at radius 1 is 0.600 bits per heavy atom. The fraction of sp³-hybridized carbons (Fsp3) is 0.167. The second-order valence-corrected chi connectivity index (χ2v) is 8.03. The lowest BCUT2D eigenvalue weighted by Gasteiger charge is -2.56. The van der Waals surface area contributed by atoms with Gasteiger partial charge in [-0.1, -0.05) is 60.7 Å². The van der Waals surface area contributed by atoms with E-state index in [9.17, 15) is 18.4 Å². The average molecular weight is 408 g/mol. The van der Waals surface area contributed by atoms with E-state index in [0.717, 1.165) is 10.8 Å². The first-order valence-electron chi connectivity index (χ1n) is 9.46. The summed E-state index contributed by atoms with van der Waals surface area (Å²) in [6, 6.07) is 16.7. The molecule has 3 aromatic carbocycles. The number of hydrogen-bond donors (Lipinski definition) is 0. The van der Waals surface area contributed by atoms with E-state index in [1.807, 2.05) is 0 Å². The summed E-state index contributed by atoms with van der Waals surface area (Å²) in [5.74, 6) is -11.3. The first-order chi connectivity index (χ1) is 14.3. The third-order valence-electron chi connectivity index (χ3n) is 6.77. The van der Waals surface area contributed by atoms with Crippen LogP contribution in [0.2, 0.25) is 0 Å². The third-order valence-corrected chi connectivity index (χ3v) is 6.77. The predicted molar refractivity (Wildman–Crippen MR) is 101 cm³/mol. The number of ketones is 2. The van der Waals surface area contributed by atoms with Gasteiger partial charge in [0.1, 0.15) is 0 Å². The highest BCUT2D eigenvalue weighted by Gasteiger charge is 2.79. The molecule has 4 aliphatic carbocycles. The van der Waals surface area contributed by atoms with Crippen molar-refractivity contribution >= 4 is 22.3 Å². The van der Waals surface area contributed by atoms with Crippen molar-refractivity contribution in [2.45, 2.75) is 23.2 Å². The molecule has 3 aromatic rings. The summed E-state index contributed by atoms with van der Waals surface area (Å²) in [5, 5.41) is 1.46. The fourth-order valence-corrected chi connectivity index (χ4v) is 5.54. The van der Waals surface area contributed by atoms with E-state index in [2.05, 4.69) is 0 Å². The second-order valence-electron chi connectivity index (χ2n) is 8.03. The van der Waals surface area contributed by atoms with E-state index < -0.39 is 46.4 Å². The Balaban J connectivity index is 1.80. The van der Waals surface area contributed by atoms with Crippen molar-refractivity contribution in [3.63, 3.8) is 0 Å². The Morgan fingerprint density at radius 2 is 0.967 bits per heavy atom. The van der Waals surface area contributed by atoms with Gasteiger partial charge in [-0.15, -0.1) is 0 Å². The molecule has 0 N–H and O–H groups in total. The molecule has 4 unspecified atom stereocenters. The monoisotopic (exact) mass is 408 g/mol. The van der Waals surface area contributed by atoms with Crippen LogP contribution < -0.4 is 0 Å². The molecule has 0 spiro atoms. The summed E-state index contributed by atoms with van der Waals surface area (Å²) in [4.78, 5) is 25.4. The van der Waals surface area contributed by atoms with Gasteiger partial charge >= 0.3 is 0 Å². The van der Waals surface area contributed by atoms with Crippen LogP contribution in [-0.4, -0.2) is 22.9 Å². The minimum atomic E-state index is -3.57. The summed E-state index contributed by atoms with van der Waals surface area (Å²) in [7, 11) is 0. The van der Waals surface area contributed by atoms with E-state index >= 15 is 8.78 Å². The van der Waals surface area contributed by atoms with Crippen molar-refractivity contribution in [1.82, 2.24) is 0 Å². The Morgan fingerprint density at radius 3 is 1.37 bits per heavy atom. The van der Waals surface area contributed by atoms with Gasteiger partial charge in [0.15, 0.2) is 0 Å². The van der Waals surface area contributed by atoms with Gasteiger partial charge in [-0.05, 0) is 33.0 Å². The maximum atomic E-state index is 16.5.